The zero-order chi connectivity index (χ0) is 17.6. The third kappa shape index (κ3) is 4.93. The molecule has 0 aliphatic rings. The van der Waals surface area contributed by atoms with Crippen LogP contribution >= 0.6 is 0 Å². The summed E-state index contributed by atoms with van der Waals surface area (Å²) in [7, 11) is 0. The van der Waals surface area contributed by atoms with Crippen molar-refractivity contribution in [1.82, 2.24) is 5.32 Å². The summed E-state index contributed by atoms with van der Waals surface area (Å²) in [5, 5.41) is 13.1. The van der Waals surface area contributed by atoms with Crippen molar-refractivity contribution in [3.05, 3.63) is 71.8 Å². The summed E-state index contributed by atoms with van der Waals surface area (Å²) in [5.41, 5.74) is 1.76. The van der Waals surface area contributed by atoms with Gasteiger partial charge in [0.05, 0.1) is 12.0 Å². The summed E-state index contributed by atoms with van der Waals surface area (Å²) in [6.07, 6.45) is 0.107. The maximum absolute atomic E-state index is 12.8. The lowest BCUT2D eigenvalue weighted by molar-refractivity contribution is -0.121. The molecule has 0 saturated carbocycles. The normalized spacial score (nSPS) is 12.9. The standard InChI is InChI=1S/C21H27NO2/c1-21(2,3)18(23)14-15-22-20(24)19(16-10-6-4-7-11-16)17-12-8-5-9-13-17/h4-13,18-19,23H,14-15H2,1-3H3,(H,22,24)/t18-/m0/s1. The van der Waals surface area contributed by atoms with Crippen LogP contribution in [0, 0.1) is 5.41 Å². The molecule has 3 nitrogen and oxygen atoms in total. The molecule has 0 saturated heterocycles. The van der Waals surface area contributed by atoms with Crippen LogP contribution in [0.5, 0.6) is 0 Å². The first kappa shape index (κ1) is 18.2. The fourth-order valence-corrected chi connectivity index (χ4v) is 2.65. The summed E-state index contributed by atoms with van der Waals surface area (Å²) >= 11 is 0. The molecule has 0 unspecified atom stereocenters. The Kier molecular flexibility index (Phi) is 6.16. The van der Waals surface area contributed by atoms with E-state index in [0.29, 0.717) is 13.0 Å². The highest BCUT2D eigenvalue weighted by Crippen LogP contribution is 2.25. The highest BCUT2D eigenvalue weighted by molar-refractivity contribution is 5.87. The van der Waals surface area contributed by atoms with E-state index in [4.69, 9.17) is 0 Å². The SMILES string of the molecule is CC(C)(C)[C@@H](O)CCNC(=O)C(c1ccccc1)c1ccccc1. The van der Waals surface area contributed by atoms with Crippen molar-refractivity contribution in [3.8, 4) is 0 Å². The Labute approximate surface area is 144 Å². The van der Waals surface area contributed by atoms with Crippen LogP contribution in [-0.2, 0) is 4.79 Å². The first-order chi connectivity index (χ1) is 11.4. The smallest absolute Gasteiger partial charge is 0.232 e. The fourth-order valence-electron chi connectivity index (χ4n) is 2.65. The predicted molar refractivity (Wildman–Crippen MR) is 97.8 cm³/mol. The predicted octanol–water partition coefficient (Wildman–Crippen LogP) is 3.73. The highest BCUT2D eigenvalue weighted by atomic mass is 16.3. The van der Waals surface area contributed by atoms with E-state index < -0.39 is 6.10 Å². The Balaban J connectivity index is 2.09. The zero-order valence-corrected chi connectivity index (χ0v) is 14.7. The van der Waals surface area contributed by atoms with E-state index >= 15 is 0 Å². The Bertz CT molecular complexity index is 592. The minimum absolute atomic E-state index is 0.0338. The molecule has 0 bridgehead atoms. The van der Waals surface area contributed by atoms with Gasteiger partial charge in [0.2, 0.25) is 5.91 Å². The second-order valence-corrected chi connectivity index (χ2v) is 7.22. The van der Waals surface area contributed by atoms with Gasteiger partial charge in [-0.25, -0.2) is 0 Å². The van der Waals surface area contributed by atoms with Gasteiger partial charge in [0.1, 0.15) is 0 Å². The van der Waals surface area contributed by atoms with Crippen molar-refractivity contribution < 1.29 is 9.90 Å². The molecule has 3 heteroatoms. The molecule has 2 aromatic carbocycles. The number of aliphatic hydroxyl groups is 1. The van der Waals surface area contributed by atoms with Crippen LogP contribution in [0.15, 0.2) is 60.7 Å². The van der Waals surface area contributed by atoms with Gasteiger partial charge >= 0.3 is 0 Å². The average molecular weight is 325 g/mol. The number of benzene rings is 2. The lowest BCUT2D eigenvalue weighted by atomic mass is 9.87. The number of aliphatic hydroxyl groups excluding tert-OH is 1. The molecule has 0 aromatic heterocycles. The van der Waals surface area contributed by atoms with E-state index in [9.17, 15) is 9.90 Å². The molecule has 0 aliphatic carbocycles. The second kappa shape index (κ2) is 8.11. The van der Waals surface area contributed by atoms with Crippen molar-refractivity contribution >= 4 is 5.91 Å². The molecule has 0 fully saturated rings. The fraction of sp³-hybridized carbons (Fsp3) is 0.381. The first-order valence-electron chi connectivity index (χ1n) is 8.45. The highest BCUT2D eigenvalue weighted by Gasteiger charge is 2.24. The molecule has 2 rings (SSSR count). The molecule has 24 heavy (non-hydrogen) atoms. The summed E-state index contributed by atoms with van der Waals surface area (Å²) in [5.74, 6) is -0.368. The van der Waals surface area contributed by atoms with Crippen molar-refractivity contribution in [2.24, 2.45) is 5.41 Å². The summed E-state index contributed by atoms with van der Waals surface area (Å²) < 4.78 is 0. The minimum Gasteiger partial charge on any atom is -0.393 e. The number of nitrogens with one attached hydrogen (secondary N) is 1. The van der Waals surface area contributed by atoms with E-state index in [1.54, 1.807) is 0 Å². The van der Waals surface area contributed by atoms with E-state index in [2.05, 4.69) is 5.32 Å². The largest absolute Gasteiger partial charge is 0.393 e. The second-order valence-electron chi connectivity index (χ2n) is 7.22. The molecule has 1 atom stereocenters. The van der Waals surface area contributed by atoms with Gasteiger partial charge < -0.3 is 10.4 Å². The van der Waals surface area contributed by atoms with Gasteiger partial charge in [0, 0.05) is 6.54 Å². The van der Waals surface area contributed by atoms with Gasteiger partial charge in [0.25, 0.3) is 0 Å². The lowest BCUT2D eigenvalue weighted by Gasteiger charge is -2.26. The lowest BCUT2D eigenvalue weighted by Crippen LogP contribution is -2.35. The molecular weight excluding hydrogens is 298 g/mol. The van der Waals surface area contributed by atoms with Crippen LogP contribution < -0.4 is 5.32 Å². The van der Waals surface area contributed by atoms with Gasteiger partial charge in [-0.2, -0.15) is 0 Å². The number of rotatable bonds is 6. The van der Waals surface area contributed by atoms with Crippen LogP contribution in [0.2, 0.25) is 0 Å². The topological polar surface area (TPSA) is 49.3 Å². The summed E-state index contributed by atoms with van der Waals surface area (Å²) in [6.45, 7) is 6.45. The summed E-state index contributed by atoms with van der Waals surface area (Å²) in [4.78, 5) is 12.8. The van der Waals surface area contributed by atoms with Crippen molar-refractivity contribution in [3.63, 3.8) is 0 Å². The van der Waals surface area contributed by atoms with E-state index in [-0.39, 0.29) is 17.2 Å². The monoisotopic (exact) mass is 325 g/mol. The van der Waals surface area contributed by atoms with Crippen LogP contribution in [0.4, 0.5) is 0 Å². The first-order valence-corrected chi connectivity index (χ1v) is 8.45. The van der Waals surface area contributed by atoms with Gasteiger partial charge in [-0.1, -0.05) is 81.4 Å². The Morgan fingerprint density at radius 2 is 1.42 bits per heavy atom. The van der Waals surface area contributed by atoms with Gasteiger partial charge in [-0.05, 0) is 23.0 Å². The molecule has 2 N–H and O–H groups in total. The van der Waals surface area contributed by atoms with Crippen LogP contribution in [0.25, 0.3) is 0 Å². The molecule has 0 radical (unpaired) electrons. The maximum Gasteiger partial charge on any atom is 0.232 e. The molecular formula is C21H27NO2. The zero-order valence-electron chi connectivity index (χ0n) is 14.7. The molecule has 0 aliphatic heterocycles. The van der Waals surface area contributed by atoms with Crippen LogP contribution in [0.1, 0.15) is 44.2 Å². The van der Waals surface area contributed by atoms with E-state index in [0.717, 1.165) is 11.1 Å². The molecule has 1 amide bonds. The molecule has 0 heterocycles. The number of carbonyl (C=O) groups excluding carboxylic acids is 1. The van der Waals surface area contributed by atoms with E-state index in [1.165, 1.54) is 0 Å². The Morgan fingerprint density at radius 3 is 1.83 bits per heavy atom. The van der Waals surface area contributed by atoms with Crippen molar-refractivity contribution in [2.45, 2.75) is 39.2 Å². The maximum atomic E-state index is 12.8. The number of hydrogen-bond acceptors (Lipinski definition) is 2. The molecule has 2 aromatic rings. The third-order valence-corrected chi connectivity index (χ3v) is 4.24. The minimum atomic E-state index is -0.440. The van der Waals surface area contributed by atoms with Crippen LogP contribution in [0.3, 0.4) is 0 Å². The van der Waals surface area contributed by atoms with Crippen molar-refractivity contribution in [1.29, 1.82) is 0 Å². The quantitative estimate of drug-likeness (QED) is 0.850. The Hall–Kier alpha value is -2.13. The van der Waals surface area contributed by atoms with Crippen molar-refractivity contribution in [2.75, 3.05) is 6.54 Å². The summed E-state index contributed by atoms with van der Waals surface area (Å²) in [6, 6.07) is 19.6. The number of hydrogen-bond donors (Lipinski definition) is 2. The van der Waals surface area contributed by atoms with Crippen LogP contribution in [-0.4, -0.2) is 23.7 Å². The average Bonchev–Trinajstić information content (AvgIpc) is 2.56. The van der Waals surface area contributed by atoms with E-state index in [1.807, 2.05) is 81.4 Å². The number of amides is 1. The van der Waals surface area contributed by atoms with Gasteiger partial charge in [0.15, 0.2) is 0 Å². The van der Waals surface area contributed by atoms with Gasteiger partial charge in [-0.3, -0.25) is 4.79 Å². The number of carbonyl (C=O) groups is 1. The van der Waals surface area contributed by atoms with Gasteiger partial charge in [-0.15, -0.1) is 0 Å². The Morgan fingerprint density at radius 1 is 0.958 bits per heavy atom. The third-order valence-electron chi connectivity index (χ3n) is 4.24. The molecule has 0 spiro atoms. The molecule has 128 valence electrons.